The van der Waals surface area contributed by atoms with Crippen LogP contribution in [0.3, 0.4) is 0 Å². The number of hydrogen-bond acceptors (Lipinski definition) is 8. The van der Waals surface area contributed by atoms with Gasteiger partial charge in [0.1, 0.15) is 0 Å². The fraction of sp³-hybridized carbons (Fsp3) is 0.320. The van der Waals surface area contributed by atoms with E-state index in [-0.39, 0.29) is 5.91 Å². The number of likely N-dealkylation sites (N-methyl/N-ethyl adjacent to an activating group) is 1. The minimum atomic E-state index is -1.07. The first-order valence-electron chi connectivity index (χ1n) is 11.1. The van der Waals surface area contributed by atoms with Gasteiger partial charge >= 0.3 is 5.97 Å². The van der Waals surface area contributed by atoms with Crippen molar-refractivity contribution in [2.45, 2.75) is 13.0 Å². The van der Waals surface area contributed by atoms with Crippen molar-refractivity contribution in [2.75, 3.05) is 45.4 Å². The lowest BCUT2D eigenvalue weighted by atomic mass is 10.2. The number of methoxy groups -OCH3 is 1. The summed E-state index contributed by atoms with van der Waals surface area (Å²) in [4.78, 5) is 32.9. The third-order valence-corrected chi connectivity index (χ3v) is 6.65. The number of ether oxygens (including phenoxy) is 3. The zero-order valence-corrected chi connectivity index (χ0v) is 20.6. The average Bonchev–Trinajstić information content (AvgIpc) is 3.13. The van der Waals surface area contributed by atoms with Crippen LogP contribution in [0.1, 0.15) is 12.5 Å². The number of carbonyl (C=O) groups excluding carboxylic acids is 1. The lowest BCUT2D eigenvalue weighted by molar-refractivity contribution is -0.144. The summed E-state index contributed by atoms with van der Waals surface area (Å²) < 4.78 is 16.2. The molecule has 2 aliphatic heterocycles. The van der Waals surface area contributed by atoms with Crippen LogP contribution in [-0.2, 0) is 14.3 Å². The molecular weight excluding hydrogens is 470 g/mol. The maximum absolute atomic E-state index is 12.8. The number of anilines is 1. The predicted octanol–water partition coefficient (Wildman–Crippen LogP) is 3.62. The first-order valence-corrected chi connectivity index (χ1v) is 11.9. The second kappa shape index (κ2) is 10.8. The van der Waals surface area contributed by atoms with E-state index in [1.807, 2.05) is 24.3 Å². The SMILES string of the molecule is COc1cc(/C=C2/SC(=Nc3ccc(N4CCOCC4)cc3)N(C)C2=O)ccc1OC(C)C(=O)O. The zero-order valence-electron chi connectivity index (χ0n) is 19.8. The second-order valence-corrected chi connectivity index (χ2v) is 9.00. The Balaban J connectivity index is 1.50. The number of nitrogens with zero attached hydrogens (tertiary/aromatic N) is 3. The van der Waals surface area contributed by atoms with Gasteiger partial charge < -0.3 is 24.2 Å². The highest BCUT2D eigenvalue weighted by molar-refractivity contribution is 8.18. The minimum absolute atomic E-state index is 0.155. The number of amides is 1. The van der Waals surface area contributed by atoms with Crippen molar-refractivity contribution in [3.63, 3.8) is 0 Å². The van der Waals surface area contributed by atoms with E-state index in [9.17, 15) is 9.59 Å². The summed E-state index contributed by atoms with van der Waals surface area (Å²) >= 11 is 1.29. The van der Waals surface area contributed by atoms with Gasteiger partial charge in [0.2, 0.25) is 0 Å². The summed E-state index contributed by atoms with van der Waals surface area (Å²) in [5.41, 5.74) is 2.61. The number of carboxylic acids is 1. The van der Waals surface area contributed by atoms with Gasteiger partial charge in [-0.05, 0) is 66.7 Å². The molecule has 2 heterocycles. The molecule has 35 heavy (non-hydrogen) atoms. The number of morpholine rings is 1. The molecule has 0 aliphatic carbocycles. The van der Waals surface area contributed by atoms with Crippen LogP contribution in [0.4, 0.5) is 11.4 Å². The Kier molecular flexibility index (Phi) is 7.62. The summed E-state index contributed by atoms with van der Waals surface area (Å²) in [5.74, 6) is -0.533. The Morgan fingerprint density at radius 2 is 1.89 bits per heavy atom. The van der Waals surface area contributed by atoms with Gasteiger partial charge in [-0.25, -0.2) is 9.79 Å². The third kappa shape index (κ3) is 5.77. The van der Waals surface area contributed by atoms with E-state index in [1.165, 1.54) is 30.7 Å². The van der Waals surface area contributed by atoms with Crippen molar-refractivity contribution in [2.24, 2.45) is 4.99 Å². The van der Waals surface area contributed by atoms with Crippen LogP contribution >= 0.6 is 11.8 Å². The fourth-order valence-corrected chi connectivity index (χ4v) is 4.57. The second-order valence-electron chi connectivity index (χ2n) is 7.99. The van der Waals surface area contributed by atoms with Crippen LogP contribution in [0.2, 0.25) is 0 Å². The molecule has 1 atom stereocenters. The van der Waals surface area contributed by atoms with Gasteiger partial charge in [0.25, 0.3) is 5.91 Å². The number of carbonyl (C=O) groups is 2. The Hall–Kier alpha value is -3.50. The van der Waals surface area contributed by atoms with Crippen molar-refractivity contribution >= 4 is 46.3 Å². The minimum Gasteiger partial charge on any atom is -0.493 e. The number of hydrogen-bond donors (Lipinski definition) is 1. The Bertz CT molecular complexity index is 1160. The van der Waals surface area contributed by atoms with Gasteiger partial charge in [-0.1, -0.05) is 6.07 Å². The third-order valence-electron chi connectivity index (χ3n) is 5.59. The van der Waals surface area contributed by atoms with Crippen LogP contribution in [0.15, 0.2) is 52.4 Å². The van der Waals surface area contributed by atoms with E-state index in [1.54, 1.807) is 31.3 Å². The number of benzene rings is 2. The van der Waals surface area contributed by atoms with Crippen LogP contribution in [0, 0.1) is 0 Å². The standard InChI is InChI=1S/C25H27N3O6S/c1-16(24(30)31)34-20-9-4-17(14-21(20)32-3)15-22-23(29)27(2)25(35-22)26-18-5-7-19(8-6-18)28-10-12-33-13-11-28/h4-9,14-16H,10-13H2,1-3H3,(H,30,31)/b22-15+,26-25?. The summed E-state index contributed by atoms with van der Waals surface area (Å²) in [7, 11) is 3.17. The quantitative estimate of drug-likeness (QED) is 0.579. The van der Waals surface area contributed by atoms with Gasteiger partial charge in [-0.3, -0.25) is 9.69 Å². The molecule has 184 valence electrons. The Morgan fingerprint density at radius 1 is 1.17 bits per heavy atom. The molecule has 4 rings (SSSR count). The van der Waals surface area contributed by atoms with E-state index in [2.05, 4.69) is 9.89 Å². The molecule has 2 aliphatic rings. The highest BCUT2D eigenvalue weighted by atomic mass is 32.2. The van der Waals surface area contributed by atoms with Gasteiger partial charge in [-0.15, -0.1) is 0 Å². The lowest BCUT2D eigenvalue weighted by Crippen LogP contribution is -2.36. The first kappa shape index (κ1) is 24.6. The van der Waals surface area contributed by atoms with Gasteiger partial charge in [0.05, 0.1) is 30.9 Å². The monoisotopic (exact) mass is 497 g/mol. The molecule has 0 aromatic heterocycles. The van der Waals surface area contributed by atoms with E-state index >= 15 is 0 Å². The average molecular weight is 498 g/mol. The topological polar surface area (TPSA) is 101 Å². The molecule has 1 unspecified atom stereocenters. The highest BCUT2D eigenvalue weighted by Crippen LogP contribution is 2.35. The molecule has 1 N–H and O–H groups in total. The maximum Gasteiger partial charge on any atom is 0.344 e. The summed E-state index contributed by atoms with van der Waals surface area (Å²) in [6.07, 6.45) is 0.732. The van der Waals surface area contributed by atoms with Gasteiger partial charge in [-0.2, -0.15) is 0 Å². The molecule has 10 heteroatoms. The Morgan fingerprint density at radius 3 is 2.54 bits per heavy atom. The van der Waals surface area contributed by atoms with Crippen molar-refractivity contribution in [3.05, 3.63) is 52.9 Å². The molecule has 9 nitrogen and oxygen atoms in total. The molecule has 2 fully saturated rings. The van der Waals surface area contributed by atoms with Crippen molar-refractivity contribution < 1.29 is 28.9 Å². The fourth-order valence-electron chi connectivity index (χ4n) is 3.59. The number of rotatable bonds is 7. The molecule has 0 saturated carbocycles. The molecule has 0 spiro atoms. The van der Waals surface area contributed by atoms with Crippen LogP contribution in [0.25, 0.3) is 6.08 Å². The van der Waals surface area contributed by atoms with E-state index in [0.717, 1.165) is 43.2 Å². The largest absolute Gasteiger partial charge is 0.493 e. The summed E-state index contributed by atoms with van der Waals surface area (Å²) in [6, 6.07) is 13.0. The molecule has 0 radical (unpaired) electrons. The maximum atomic E-state index is 12.8. The Labute approximate surface area is 208 Å². The molecule has 0 bridgehead atoms. The van der Waals surface area contributed by atoms with E-state index in [4.69, 9.17) is 19.3 Å². The van der Waals surface area contributed by atoms with Gasteiger partial charge in [0, 0.05) is 25.8 Å². The van der Waals surface area contributed by atoms with Crippen molar-refractivity contribution in [1.29, 1.82) is 0 Å². The van der Waals surface area contributed by atoms with Crippen LogP contribution < -0.4 is 14.4 Å². The number of carboxylic acid groups (broad SMARTS) is 1. The van der Waals surface area contributed by atoms with E-state index in [0.29, 0.717) is 21.6 Å². The molecule has 2 aromatic rings. The molecule has 2 saturated heterocycles. The number of amidine groups is 1. The van der Waals surface area contributed by atoms with Gasteiger partial charge in [0.15, 0.2) is 22.8 Å². The zero-order chi connectivity index (χ0) is 24.9. The number of thioether (sulfide) groups is 1. The first-order chi connectivity index (χ1) is 16.9. The molecular formula is C25H27N3O6S. The van der Waals surface area contributed by atoms with E-state index < -0.39 is 12.1 Å². The highest BCUT2D eigenvalue weighted by Gasteiger charge is 2.30. The van der Waals surface area contributed by atoms with Crippen LogP contribution in [-0.4, -0.2) is 73.6 Å². The van der Waals surface area contributed by atoms with Crippen molar-refractivity contribution in [1.82, 2.24) is 4.90 Å². The van der Waals surface area contributed by atoms with Crippen molar-refractivity contribution in [3.8, 4) is 11.5 Å². The normalized spacial score (nSPS) is 19.3. The number of aliphatic carboxylic acids is 1. The predicted molar refractivity (Wildman–Crippen MR) is 136 cm³/mol. The smallest absolute Gasteiger partial charge is 0.344 e. The molecule has 2 aromatic carbocycles. The summed E-state index contributed by atoms with van der Waals surface area (Å²) in [5, 5.41) is 9.66. The lowest BCUT2D eigenvalue weighted by Gasteiger charge is -2.28. The number of aliphatic imine (C=N–C) groups is 1. The molecule has 1 amide bonds. The summed E-state index contributed by atoms with van der Waals surface area (Å²) in [6.45, 7) is 4.63. The van der Waals surface area contributed by atoms with Crippen LogP contribution in [0.5, 0.6) is 11.5 Å².